The molecule has 0 aliphatic carbocycles. The maximum atomic E-state index is 14.2. The summed E-state index contributed by atoms with van der Waals surface area (Å²) in [6, 6.07) is 12.6. The highest BCUT2D eigenvalue weighted by atomic mass is 32.1. The van der Waals surface area contributed by atoms with Gasteiger partial charge in [0.05, 0.1) is 21.6 Å². The molecule has 0 fully saturated rings. The SMILES string of the molecule is CCCNCc1ccc(-c2cc3nccc(Oc4ccc(C)cc4F)c3s2)o1. The molecule has 4 rings (SSSR count). The Bertz CT molecular complexity index is 1100. The van der Waals surface area contributed by atoms with E-state index in [4.69, 9.17) is 9.15 Å². The van der Waals surface area contributed by atoms with Gasteiger partial charge in [0.15, 0.2) is 11.6 Å². The number of pyridine rings is 1. The van der Waals surface area contributed by atoms with Crippen LogP contribution in [0.3, 0.4) is 0 Å². The molecule has 28 heavy (non-hydrogen) atoms. The molecule has 1 N–H and O–H groups in total. The molecule has 0 aliphatic rings. The second kappa shape index (κ2) is 8.12. The fourth-order valence-corrected chi connectivity index (χ4v) is 3.94. The Morgan fingerprint density at radius 2 is 2.04 bits per heavy atom. The van der Waals surface area contributed by atoms with Crippen LogP contribution in [-0.4, -0.2) is 11.5 Å². The van der Waals surface area contributed by atoms with Gasteiger partial charge in [0.25, 0.3) is 0 Å². The minimum atomic E-state index is -0.378. The van der Waals surface area contributed by atoms with Gasteiger partial charge in [-0.1, -0.05) is 13.0 Å². The molecule has 144 valence electrons. The maximum absolute atomic E-state index is 14.2. The number of aromatic nitrogens is 1. The van der Waals surface area contributed by atoms with Crippen LogP contribution in [0.2, 0.25) is 0 Å². The standard InChI is InChI=1S/C22H21FN2O2S/c1-3-9-24-13-15-5-7-19(26-15)21-12-17-22(28-21)20(8-10-25-17)27-18-6-4-14(2)11-16(18)23/h4-8,10-12,24H,3,9,13H2,1-2H3. The van der Waals surface area contributed by atoms with Crippen molar-refractivity contribution in [2.75, 3.05) is 6.54 Å². The molecule has 3 aromatic heterocycles. The fourth-order valence-electron chi connectivity index (χ4n) is 2.92. The zero-order valence-corrected chi connectivity index (χ0v) is 16.6. The fraction of sp³-hybridized carbons (Fsp3) is 0.227. The number of aryl methyl sites for hydroxylation is 1. The summed E-state index contributed by atoms with van der Waals surface area (Å²) in [5.41, 5.74) is 1.65. The monoisotopic (exact) mass is 396 g/mol. The number of fused-ring (bicyclic) bond motifs is 1. The Balaban J connectivity index is 1.62. The predicted octanol–water partition coefficient (Wildman–Crippen LogP) is 6.30. The third kappa shape index (κ3) is 3.93. The van der Waals surface area contributed by atoms with E-state index in [2.05, 4.69) is 17.2 Å². The number of halogens is 1. The normalized spacial score (nSPS) is 11.2. The molecule has 0 amide bonds. The van der Waals surface area contributed by atoms with Crippen LogP contribution in [0.4, 0.5) is 4.39 Å². The zero-order valence-electron chi connectivity index (χ0n) is 15.8. The molecule has 0 spiro atoms. The van der Waals surface area contributed by atoms with Crippen molar-refractivity contribution in [3.8, 4) is 22.1 Å². The summed E-state index contributed by atoms with van der Waals surface area (Å²) in [6.07, 6.45) is 2.75. The van der Waals surface area contributed by atoms with Gasteiger partial charge in [-0.2, -0.15) is 0 Å². The summed E-state index contributed by atoms with van der Waals surface area (Å²) in [4.78, 5) is 5.38. The van der Waals surface area contributed by atoms with E-state index in [0.29, 0.717) is 12.3 Å². The van der Waals surface area contributed by atoms with Gasteiger partial charge in [0, 0.05) is 12.3 Å². The van der Waals surface area contributed by atoms with E-state index in [0.717, 1.165) is 45.1 Å². The van der Waals surface area contributed by atoms with Crippen molar-refractivity contribution in [1.29, 1.82) is 0 Å². The molecule has 0 radical (unpaired) electrons. The topological polar surface area (TPSA) is 47.3 Å². The van der Waals surface area contributed by atoms with Crippen LogP contribution in [-0.2, 0) is 6.54 Å². The van der Waals surface area contributed by atoms with Crippen LogP contribution in [0.25, 0.3) is 20.9 Å². The van der Waals surface area contributed by atoms with Crippen molar-refractivity contribution < 1.29 is 13.5 Å². The highest BCUT2D eigenvalue weighted by Crippen LogP contribution is 2.40. The van der Waals surface area contributed by atoms with E-state index >= 15 is 0 Å². The zero-order chi connectivity index (χ0) is 19.5. The summed E-state index contributed by atoms with van der Waals surface area (Å²) >= 11 is 1.52. The molecule has 4 nitrogen and oxygen atoms in total. The van der Waals surface area contributed by atoms with Gasteiger partial charge in [0.1, 0.15) is 17.3 Å². The van der Waals surface area contributed by atoms with Crippen LogP contribution in [0.15, 0.2) is 53.1 Å². The summed E-state index contributed by atoms with van der Waals surface area (Å²) in [7, 11) is 0. The molecule has 0 saturated heterocycles. The van der Waals surface area contributed by atoms with Gasteiger partial charge in [-0.05, 0) is 55.8 Å². The smallest absolute Gasteiger partial charge is 0.165 e. The Labute approximate surface area is 167 Å². The lowest BCUT2D eigenvalue weighted by Gasteiger charge is -2.07. The van der Waals surface area contributed by atoms with Crippen LogP contribution < -0.4 is 10.1 Å². The van der Waals surface area contributed by atoms with Crippen molar-refractivity contribution in [2.24, 2.45) is 0 Å². The van der Waals surface area contributed by atoms with Gasteiger partial charge in [-0.15, -0.1) is 11.3 Å². The van der Waals surface area contributed by atoms with Gasteiger partial charge < -0.3 is 14.5 Å². The first-order valence-electron chi connectivity index (χ1n) is 9.26. The van der Waals surface area contributed by atoms with Crippen LogP contribution >= 0.6 is 11.3 Å². The lowest BCUT2D eigenvalue weighted by Crippen LogP contribution is -2.12. The molecule has 0 aliphatic heterocycles. The van der Waals surface area contributed by atoms with E-state index in [9.17, 15) is 4.39 Å². The van der Waals surface area contributed by atoms with E-state index in [1.165, 1.54) is 17.4 Å². The number of ether oxygens (including phenoxy) is 1. The van der Waals surface area contributed by atoms with Crippen molar-refractivity contribution in [3.63, 3.8) is 0 Å². The first kappa shape index (κ1) is 18.7. The Morgan fingerprint density at radius 3 is 2.86 bits per heavy atom. The molecule has 6 heteroatoms. The third-order valence-corrected chi connectivity index (χ3v) is 5.47. The van der Waals surface area contributed by atoms with Gasteiger partial charge in [-0.25, -0.2) is 4.39 Å². The highest BCUT2D eigenvalue weighted by Gasteiger charge is 2.14. The van der Waals surface area contributed by atoms with E-state index < -0.39 is 0 Å². The summed E-state index contributed by atoms with van der Waals surface area (Å²) < 4.78 is 26.8. The highest BCUT2D eigenvalue weighted by molar-refractivity contribution is 7.22. The summed E-state index contributed by atoms with van der Waals surface area (Å²) in [6.45, 7) is 5.64. The van der Waals surface area contributed by atoms with Gasteiger partial charge in [-0.3, -0.25) is 4.98 Å². The van der Waals surface area contributed by atoms with Crippen molar-refractivity contribution in [1.82, 2.24) is 10.3 Å². The molecule has 1 aromatic carbocycles. The molecule has 4 aromatic rings. The van der Waals surface area contributed by atoms with Crippen molar-refractivity contribution in [2.45, 2.75) is 26.8 Å². The average Bonchev–Trinajstić information content (AvgIpc) is 3.31. The molecule has 3 heterocycles. The number of furan rings is 1. The van der Waals surface area contributed by atoms with E-state index in [1.807, 2.05) is 31.2 Å². The minimum Gasteiger partial charge on any atom is -0.459 e. The van der Waals surface area contributed by atoms with Crippen molar-refractivity contribution in [3.05, 3.63) is 65.8 Å². The number of benzene rings is 1. The predicted molar refractivity (Wildman–Crippen MR) is 111 cm³/mol. The Hall–Kier alpha value is -2.70. The molecular weight excluding hydrogens is 375 g/mol. The second-order valence-corrected chi connectivity index (χ2v) is 7.66. The largest absolute Gasteiger partial charge is 0.459 e. The third-order valence-electron chi connectivity index (χ3n) is 4.31. The number of hydrogen-bond acceptors (Lipinski definition) is 5. The molecule has 0 atom stereocenters. The first-order chi connectivity index (χ1) is 13.6. The van der Waals surface area contributed by atoms with Crippen LogP contribution in [0, 0.1) is 12.7 Å². The van der Waals surface area contributed by atoms with Gasteiger partial charge >= 0.3 is 0 Å². The number of hydrogen-bond donors (Lipinski definition) is 1. The molecule has 0 saturated carbocycles. The van der Waals surface area contributed by atoms with Gasteiger partial charge in [0.2, 0.25) is 0 Å². The average molecular weight is 396 g/mol. The van der Waals surface area contributed by atoms with Crippen LogP contribution in [0.5, 0.6) is 11.5 Å². The Kier molecular flexibility index (Phi) is 5.41. The second-order valence-electron chi connectivity index (χ2n) is 6.61. The Morgan fingerprint density at radius 1 is 1.14 bits per heavy atom. The number of thiophene rings is 1. The minimum absolute atomic E-state index is 0.204. The lowest BCUT2D eigenvalue weighted by atomic mass is 10.2. The molecule has 0 unspecified atom stereocenters. The number of nitrogens with one attached hydrogen (secondary N) is 1. The summed E-state index contributed by atoms with van der Waals surface area (Å²) in [5.74, 6) is 2.10. The van der Waals surface area contributed by atoms with Crippen LogP contribution in [0.1, 0.15) is 24.7 Å². The molecule has 0 bridgehead atoms. The summed E-state index contributed by atoms with van der Waals surface area (Å²) in [5, 5.41) is 3.33. The molecular formula is C22H21FN2O2S. The number of nitrogens with zero attached hydrogens (tertiary/aromatic N) is 1. The lowest BCUT2D eigenvalue weighted by molar-refractivity contribution is 0.446. The van der Waals surface area contributed by atoms with E-state index in [-0.39, 0.29) is 11.6 Å². The first-order valence-corrected chi connectivity index (χ1v) is 10.1. The maximum Gasteiger partial charge on any atom is 0.165 e. The van der Waals surface area contributed by atoms with E-state index in [1.54, 1.807) is 18.3 Å². The quantitative estimate of drug-likeness (QED) is 0.373. The van der Waals surface area contributed by atoms with Crippen molar-refractivity contribution >= 4 is 21.6 Å². The number of rotatable bonds is 7.